The third-order valence-electron chi connectivity index (χ3n) is 6.71. The zero-order chi connectivity index (χ0) is 27.7. The summed E-state index contributed by atoms with van der Waals surface area (Å²) in [6.07, 6.45) is -0.334. The van der Waals surface area contributed by atoms with E-state index in [-0.39, 0.29) is 44.9 Å². The van der Waals surface area contributed by atoms with Gasteiger partial charge in [0, 0.05) is 12.1 Å². The molecule has 1 amide bonds. The monoisotopic (exact) mass is 584 g/mol. The van der Waals surface area contributed by atoms with Crippen LogP contribution in [0.15, 0.2) is 34.2 Å². The standard InChI is InChI=1S/C24H32N2O7S3Si/c1-8-34-20-17(14(2)33-37(6,7)24(3,4)5)19(27)25(20)18(22-35-23(29)36-22)21(28)32-13-15-9-11-16(12-10-15)26(30)31/h9-12,14,17,20H,8,13H2,1-7H3/t14-,17+,20-/m1/s1. The van der Waals surface area contributed by atoms with Crippen LogP contribution in [0, 0.1) is 16.0 Å². The summed E-state index contributed by atoms with van der Waals surface area (Å²) in [5.74, 6) is -0.653. The SMILES string of the molecule is CCS[C@@H]1[C@@H]([C@@H](C)O[Si](C)(C)C(C)(C)C)C(=O)N1C(C(=O)OCc1ccc([N+](=O)[O-])cc1)=C1SC(=O)S1. The van der Waals surface area contributed by atoms with Gasteiger partial charge in [-0.3, -0.25) is 24.6 Å². The van der Waals surface area contributed by atoms with Crippen molar-refractivity contribution in [3.63, 3.8) is 0 Å². The summed E-state index contributed by atoms with van der Waals surface area (Å²) in [6.45, 7) is 14.5. The predicted octanol–water partition coefficient (Wildman–Crippen LogP) is 6.36. The smallest absolute Gasteiger partial charge is 0.357 e. The van der Waals surface area contributed by atoms with E-state index in [4.69, 9.17) is 9.16 Å². The molecule has 37 heavy (non-hydrogen) atoms. The Morgan fingerprint density at radius 3 is 2.30 bits per heavy atom. The molecule has 0 radical (unpaired) electrons. The maximum Gasteiger partial charge on any atom is 0.357 e. The number of nitrogens with zero attached hydrogens (tertiary/aromatic N) is 2. The predicted molar refractivity (Wildman–Crippen MR) is 150 cm³/mol. The van der Waals surface area contributed by atoms with Gasteiger partial charge in [0.25, 0.3) is 10.1 Å². The van der Waals surface area contributed by atoms with Gasteiger partial charge in [-0.25, -0.2) is 4.79 Å². The molecule has 2 heterocycles. The van der Waals surface area contributed by atoms with E-state index >= 15 is 0 Å². The van der Waals surface area contributed by atoms with Crippen LogP contribution in [-0.4, -0.2) is 51.7 Å². The number of amides is 1. The van der Waals surface area contributed by atoms with Crippen LogP contribution in [0.3, 0.4) is 0 Å². The molecule has 2 saturated heterocycles. The van der Waals surface area contributed by atoms with Crippen LogP contribution in [0.5, 0.6) is 0 Å². The summed E-state index contributed by atoms with van der Waals surface area (Å²) >= 11 is 3.38. The third-order valence-corrected chi connectivity index (χ3v) is 14.6. The Bertz CT molecular complexity index is 1110. The van der Waals surface area contributed by atoms with E-state index in [1.807, 2.05) is 13.8 Å². The average Bonchev–Trinajstić information content (AvgIpc) is 2.78. The normalized spacial score (nSPS) is 20.7. The van der Waals surface area contributed by atoms with Crippen LogP contribution < -0.4 is 0 Å². The quantitative estimate of drug-likeness (QED) is 0.0768. The highest BCUT2D eigenvalue weighted by atomic mass is 32.3. The molecule has 3 atom stereocenters. The fourth-order valence-corrected chi connectivity index (χ4v) is 7.94. The molecule has 0 saturated carbocycles. The number of carbonyl (C=O) groups is 3. The number of nitro benzene ring substituents is 1. The maximum atomic E-state index is 13.5. The molecular formula is C24H32N2O7S3Si. The first-order chi connectivity index (χ1) is 17.2. The highest BCUT2D eigenvalue weighted by Gasteiger charge is 2.56. The van der Waals surface area contributed by atoms with E-state index in [2.05, 4.69) is 33.9 Å². The Morgan fingerprint density at radius 2 is 1.81 bits per heavy atom. The number of nitro groups is 1. The van der Waals surface area contributed by atoms with Crippen molar-refractivity contribution >= 4 is 65.6 Å². The summed E-state index contributed by atoms with van der Waals surface area (Å²) in [4.78, 5) is 50.3. The summed E-state index contributed by atoms with van der Waals surface area (Å²) in [6, 6.07) is 5.68. The van der Waals surface area contributed by atoms with Crippen LogP contribution >= 0.6 is 35.3 Å². The molecule has 0 aliphatic carbocycles. The fraction of sp³-hybridized carbons (Fsp3) is 0.542. The van der Waals surface area contributed by atoms with Gasteiger partial charge in [0.2, 0.25) is 5.91 Å². The van der Waals surface area contributed by atoms with Crippen molar-refractivity contribution < 1.29 is 28.5 Å². The first-order valence-corrected chi connectivity index (χ1v) is 17.4. The third kappa shape index (κ3) is 6.44. The van der Waals surface area contributed by atoms with Gasteiger partial charge in [-0.15, -0.1) is 11.8 Å². The van der Waals surface area contributed by atoms with Crippen LogP contribution in [0.4, 0.5) is 10.5 Å². The van der Waals surface area contributed by atoms with Crippen LogP contribution in [0.25, 0.3) is 0 Å². The zero-order valence-electron chi connectivity index (χ0n) is 21.9. The van der Waals surface area contributed by atoms with E-state index in [0.717, 1.165) is 29.3 Å². The molecule has 0 bridgehead atoms. The number of ether oxygens (including phenoxy) is 1. The topological polar surface area (TPSA) is 116 Å². The number of rotatable bonds is 10. The van der Waals surface area contributed by atoms with Crippen LogP contribution in [0.2, 0.25) is 18.1 Å². The number of carbonyl (C=O) groups excluding carboxylic acids is 3. The van der Waals surface area contributed by atoms with Crippen molar-refractivity contribution in [2.75, 3.05) is 5.75 Å². The summed E-state index contributed by atoms with van der Waals surface area (Å²) in [5.41, 5.74) is 0.574. The molecule has 2 aliphatic rings. The lowest BCUT2D eigenvalue weighted by Gasteiger charge is -2.51. The lowest BCUT2D eigenvalue weighted by molar-refractivity contribution is -0.384. The van der Waals surface area contributed by atoms with Crippen molar-refractivity contribution in [1.82, 2.24) is 4.90 Å². The van der Waals surface area contributed by atoms with Crippen molar-refractivity contribution in [3.05, 3.63) is 49.9 Å². The number of esters is 1. The van der Waals surface area contributed by atoms with E-state index in [0.29, 0.717) is 9.80 Å². The number of non-ortho nitro benzene ring substituents is 1. The van der Waals surface area contributed by atoms with Crippen molar-refractivity contribution in [1.29, 1.82) is 0 Å². The molecule has 13 heteroatoms. The van der Waals surface area contributed by atoms with E-state index in [1.165, 1.54) is 29.2 Å². The van der Waals surface area contributed by atoms with Gasteiger partial charge in [0.15, 0.2) is 14.0 Å². The molecule has 202 valence electrons. The van der Waals surface area contributed by atoms with Gasteiger partial charge in [-0.1, -0.05) is 27.7 Å². The number of hydrogen-bond acceptors (Lipinski definition) is 10. The Balaban J connectivity index is 1.81. The Hall–Kier alpha value is -1.80. The number of benzene rings is 1. The first-order valence-electron chi connectivity index (χ1n) is 11.8. The highest BCUT2D eigenvalue weighted by Crippen LogP contribution is 2.52. The molecule has 0 unspecified atom stereocenters. The lowest BCUT2D eigenvalue weighted by Crippen LogP contribution is -2.64. The van der Waals surface area contributed by atoms with Gasteiger partial charge < -0.3 is 9.16 Å². The minimum Gasteiger partial charge on any atom is -0.456 e. The van der Waals surface area contributed by atoms with Crippen LogP contribution in [0.1, 0.15) is 40.2 Å². The first kappa shape index (κ1) is 29.7. The van der Waals surface area contributed by atoms with Gasteiger partial charge >= 0.3 is 5.97 Å². The minimum atomic E-state index is -2.13. The molecule has 0 spiro atoms. The number of likely N-dealkylation sites (tertiary alicyclic amines) is 1. The molecule has 1 aromatic carbocycles. The van der Waals surface area contributed by atoms with Gasteiger partial charge in [0.05, 0.1) is 26.6 Å². The lowest BCUT2D eigenvalue weighted by atomic mass is 9.92. The molecule has 2 aliphatic heterocycles. The van der Waals surface area contributed by atoms with Crippen LogP contribution in [-0.2, 0) is 25.4 Å². The Labute approximate surface area is 230 Å². The van der Waals surface area contributed by atoms with Crippen molar-refractivity contribution in [2.24, 2.45) is 5.92 Å². The summed E-state index contributed by atoms with van der Waals surface area (Å²) in [5, 5.41) is 10.5. The summed E-state index contributed by atoms with van der Waals surface area (Å²) < 4.78 is 12.3. The number of hydrogen-bond donors (Lipinski definition) is 0. The zero-order valence-corrected chi connectivity index (χ0v) is 25.4. The molecule has 2 fully saturated rings. The molecule has 1 aromatic rings. The van der Waals surface area contributed by atoms with E-state index in [1.54, 1.807) is 11.8 Å². The second-order valence-corrected chi connectivity index (χ2v) is 18.9. The van der Waals surface area contributed by atoms with E-state index < -0.39 is 25.1 Å². The highest BCUT2D eigenvalue weighted by molar-refractivity contribution is 8.57. The van der Waals surface area contributed by atoms with Gasteiger partial charge in [-0.2, -0.15) is 0 Å². The number of thioether (sulfide) groups is 3. The van der Waals surface area contributed by atoms with Gasteiger partial charge in [0.1, 0.15) is 6.61 Å². The van der Waals surface area contributed by atoms with Gasteiger partial charge in [-0.05, 0) is 72.0 Å². The molecular weight excluding hydrogens is 553 g/mol. The minimum absolute atomic E-state index is 0.0183. The molecule has 3 rings (SSSR count). The molecule has 0 N–H and O–H groups in total. The second kappa shape index (κ2) is 11.5. The fourth-order valence-electron chi connectivity index (χ4n) is 3.69. The number of β-lactam (4-membered cyclic amide) rings is 1. The maximum absolute atomic E-state index is 13.5. The van der Waals surface area contributed by atoms with Crippen molar-refractivity contribution in [2.45, 2.75) is 70.8 Å². The Kier molecular flexibility index (Phi) is 9.26. The van der Waals surface area contributed by atoms with Crippen molar-refractivity contribution in [3.8, 4) is 0 Å². The Morgan fingerprint density at radius 1 is 1.22 bits per heavy atom. The van der Waals surface area contributed by atoms with E-state index in [9.17, 15) is 24.5 Å². The molecule has 9 nitrogen and oxygen atoms in total. The summed E-state index contributed by atoms with van der Waals surface area (Å²) in [7, 11) is -2.13. The molecule has 0 aromatic heterocycles. The second-order valence-electron chi connectivity index (χ2n) is 10.3. The largest absolute Gasteiger partial charge is 0.456 e. The average molecular weight is 585 g/mol.